The van der Waals surface area contributed by atoms with Crippen molar-refractivity contribution < 1.29 is 14.3 Å². The van der Waals surface area contributed by atoms with Gasteiger partial charge in [-0.2, -0.15) is 5.26 Å². The number of amides is 2. The Bertz CT molecular complexity index is 509. The Labute approximate surface area is 117 Å². The van der Waals surface area contributed by atoms with Gasteiger partial charge in [-0.15, -0.1) is 0 Å². The van der Waals surface area contributed by atoms with Crippen molar-refractivity contribution in [3.63, 3.8) is 0 Å². The minimum absolute atomic E-state index is 0.144. The lowest BCUT2D eigenvalue weighted by molar-refractivity contribution is -0.123. The number of carbonyl (C=O) groups excluding carboxylic acids is 2. The Morgan fingerprint density at radius 1 is 1.30 bits per heavy atom. The molecule has 0 saturated carbocycles. The van der Waals surface area contributed by atoms with Crippen molar-refractivity contribution in [2.24, 2.45) is 5.73 Å². The molecule has 1 aromatic carbocycles. The van der Waals surface area contributed by atoms with E-state index in [2.05, 4.69) is 5.32 Å². The van der Waals surface area contributed by atoms with Gasteiger partial charge in [0.1, 0.15) is 11.8 Å². The standard InChI is InChI=1S/C14H17N3O3/c15-9-11-5-1-2-6-12(11)20-10-14(19)17-8-4-3-7-13(16)18/h1-2,5-6H,3-4,7-8,10H2,(H2,16,18)(H,17,19). The molecular weight excluding hydrogens is 258 g/mol. The highest BCUT2D eigenvalue weighted by atomic mass is 16.5. The molecule has 0 radical (unpaired) electrons. The fraction of sp³-hybridized carbons (Fsp3) is 0.357. The number of nitrogens with two attached hydrogens (primary N) is 1. The SMILES string of the molecule is N#Cc1ccccc1OCC(=O)NCCCCC(N)=O. The van der Waals surface area contributed by atoms with E-state index in [0.29, 0.717) is 37.1 Å². The van der Waals surface area contributed by atoms with Gasteiger partial charge in [0.15, 0.2) is 6.61 Å². The van der Waals surface area contributed by atoms with E-state index in [0.717, 1.165) is 0 Å². The number of benzene rings is 1. The Hall–Kier alpha value is -2.55. The van der Waals surface area contributed by atoms with Crippen molar-refractivity contribution in [1.82, 2.24) is 5.32 Å². The zero-order valence-corrected chi connectivity index (χ0v) is 11.1. The first-order valence-corrected chi connectivity index (χ1v) is 6.30. The van der Waals surface area contributed by atoms with Crippen molar-refractivity contribution in [2.45, 2.75) is 19.3 Å². The minimum Gasteiger partial charge on any atom is -0.482 e. The summed E-state index contributed by atoms with van der Waals surface area (Å²) in [7, 11) is 0. The van der Waals surface area contributed by atoms with Gasteiger partial charge in [-0.25, -0.2) is 0 Å². The summed E-state index contributed by atoms with van der Waals surface area (Å²) >= 11 is 0. The maximum atomic E-state index is 11.5. The molecule has 1 aromatic rings. The average molecular weight is 275 g/mol. The van der Waals surface area contributed by atoms with Crippen molar-refractivity contribution in [3.05, 3.63) is 29.8 Å². The largest absolute Gasteiger partial charge is 0.482 e. The smallest absolute Gasteiger partial charge is 0.257 e. The summed E-state index contributed by atoms with van der Waals surface area (Å²) in [5, 5.41) is 11.5. The van der Waals surface area contributed by atoms with Gasteiger partial charge >= 0.3 is 0 Å². The van der Waals surface area contributed by atoms with Crippen LogP contribution in [0.1, 0.15) is 24.8 Å². The van der Waals surface area contributed by atoms with Gasteiger partial charge < -0.3 is 15.8 Å². The van der Waals surface area contributed by atoms with Crippen LogP contribution >= 0.6 is 0 Å². The Kier molecular flexibility index (Phi) is 6.62. The van der Waals surface area contributed by atoms with Crippen molar-refractivity contribution in [1.29, 1.82) is 5.26 Å². The summed E-state index contributed by atoms with van der Waals surface area (Å²) in [6.45, 7) is 0.323. The van der Waals surface area contributed by atoms with Gasteiger partial charge in [-0.05, 0) is 25.0 Å². The highest BCUT2D eigenvalue weighted by molar-refractivity contribution is 5.77. The van der Waals surface area contributed by atoms with E-state index in [1.54, 1.807) is 24.3 Å². The topological polar surface area (TPSA) is 105 Å². The number of nitriles is 1. The molecule has 0 spiro atoms. The number of nitrogens with one attached hydrogen (secondary N) is 1. The first kappa shape index (κ1) is 15.5. The van der Waals surface area contributed by atoms with Crippen LogP contribution in [-0.4, -0.2) is 25.0 Å². The lowest BCUT2D eigenvalue weighted by atomic mass is 10.2. The second kappa shape index (κ2) is 8.53. The van der Waals surface area contributed by atoms with E-state index in [4.69, 9.17) is 15.7 Å². The molecule has 20 heavy (non-hydrogen) atoms. The number of nitrogens with zero attached hydrogens (tertiary/aromatic N) is 1. The van der Waals surface area contributed by atoms with Crippen molar-refractivity contribution in [2.75, 3.05) is 13.2 Å². The number of ether oxygens (including phenoxy) is 1. The maximum absolute atomic E-state index is 11.5. The third-order valence-electron chi connectivity index (χ3n) is 2.54. The van der Waals surface area contributed by atoms with Crippen LogP contribution in [-0.2, 0) is 9.59 Å². The normalized spacial score (nSPS) is 9.55. The summed E-state index contributed by atoms with van der Waals surface area (Å²) in [5.74, 6) is -0.219. The van der Waals surface area contributed by atoms with Crippen LogP contribution in [0.4, 0.5) is 0 Å². The highest BCUT2D eigenvalue weighted by Gasteiger charge is 2.05. The average Bonchev–Trinajstić information content (AvgIpc) is 2.44. The molecule has 6 heteroatoms. The van der Waals surface area contributed by atoms with Gasteiger partial charge in [-0.3, -0.25) is 9.59 Å². The fourth-order valence-electron chi connectivity index (χ4n) is 1.53. The zero-order valence-electron chi connectivity index (χ0n) is 11.1. The van der Waals surface area contributed by atoms with Gasteiger partial charge in [0.2, 0.25) is 5.91 Å². The van der Waals surface area contributed by atoms with E-state index in [1.807, 2.05) is 6.07 Å². The summed E-state index contributed by atoms with van der Waals surface area (Å²) < 4.78 is 5.28. The van der Waals surface area contributed by atoms with Crippen LogP contribution in [0.2, 0.25) is 0 Å². The summed E-state index contributed by atoms with van der Waals surface area (Å²) in [6.07, 6.45) is 1.65. The summed E-state index contributed by atoms with van der Waals surface area (Å²) in [5.41, 5.74) is 5.39. The molecule has 106 valence electrons. The molecule has 0 saturated heterocycles. The molecule has 0 heterocycles. The number of carbonyl (C=O) groups is 2. The van der Waals surface area contributed by atoms with Crippen LogP contribution < -0.4 is 15.8 Å². The van der Waals surface area contributed by atoms with E-state index < -0.39 is 0 Å². The molecule has 0 atom stereocenters. The van der Waals surface area contributed by atoms with Crippen LogP contribution in [0.25, 0.3) is 0 Å². The number of para-hydroxylation sites is 1. The first-order valence-electron chi connectivity index (χ1n) is 6.30. The van der Waals surface area contributed by atoms with Crippen LogP contribution in [0.15, 0.2) is 24.3 Å². The molecule has 0 bridgehead atoms. The molecule has 3 N–H and O–H groups in total. The molecule has 0 aliphatic heterocycles. The van der Waals surface area contributed by atoms with E-state index in [9.17, 15) is 9.59 Å². The molecule has 6 nitrogen and oxygen atoms in total. The van der Waals surface area contributed by atoms with Crippen LogP contribution in [0.5, 0.6) is 5.75 Å². The number of unbranched alkanes of at least 4 members (excludes halogenated alkanes) is 1. The minimum atomic E-state index is -0.340. The third-order valence-corrected chi connectivity index (χ3v) is 2.54. The number of primary amides is 1. The second-order valence-corrected chi connectivity index (χ2v) is 4.17. The predicted molar refractivity (Wildman–Crippen MR) is 72.7 cm³/mol. The zero-order chi connectivity index (χ0) is 14.8. The second-order valence-electron chi connectivity index (χ2n) is 4.17. The molecule has 0 aromatic heterocycles. The van der Waals surface area contributed by atoms with Gasteiger partial charge in [0, 0.05) is 13.0 Å². The monoisotopic (exact) mass is 275 g/mol. The number of rotatable bonds is 8. The lowest BCUT2D eigenvalue weighted by Gasteiger charge is -2.08. The van der Waals surface area contributed by atoms with E-state index in [1.165, 1.54) is 0 Å². The third kappa shape index (κ3) is 5.87. The molecule has 1 rings (SSSR count). The highest BCUT2D eigenvalue weighted by Crippen LogP contribution is 2.15. The van der Waals surface area contributed by atoms with Crippen molar-refractivity contribution in [3.8, 4) is 11.8 Å². The lowest BCUT2D eigenvalue weighted by Crippen LogP contribution is -2.29. The van der Waals surface area contributed by atoms with Crippen LogP contribution in [0.3, 0.4) is 0 Å². The predicted octanol–water partition coefficient (Wildman–Crippen LogP) is 0.709. The molecule has 0 aliphatic carbocycles. The quantitative estimate of drug-likeness (QED) is 0.681. The van der Waals surface area contributed by atoms with Gasteiger partial charge in [0.05, 0.1) is 5.56 Å². The molecule has 0 fully saturated rings. The number of hydrogen-bond acceptors (Lipinski definition) is 4. The van der Waals surface area contributed by atoms with E-state index in [-0.39, 0.29) is 18.4 Å². The Balaban J connectivity index is 2.23. The molecule has 2 amide bonds. The molecule has 0 unspecified atom stereocenters. The molecular formula is C14H17N3O3. The summed E-state index contributed by atoms with van der Waals surface area (Å²) in [4.78, 5) is 22.0. The Morgan fingerprint density at radius 3 is 2.75 bits per heavy atom. The fourth-order valence-corrected chi connectivity index (χ4v) is 1.53. The van der Waals surface area contributed by atoms with Crippen molar-refractivity contribution >= 4 is 11.8 Å². The summed E-state index contributed by atoms with van der Waals surface area (Å²) in [6, 6.07) is 8.71. The first-order chi connectivity index (χ1) is 9.63. The maximum Gasteiger partial charge on any atom is 0.257 e. The van der Waals surface area contributed by atoms with Gasteiger partial charge in [-0.1, -0.05) is 12.1 Å². The van der Waals surface area contributed by atoms with Gasteiger partial charge in [0.25, 0.3) is 5.91 Å². The van der Waals surface area contributed by atoms with E-state index >= 15 is 0 Å². The Morgan fingerprint density at radius 2 is 2.05 bits per heavy atom. The molecule has 0 aliphatic rings. The number of hydrogen-bond donors (Lipinski definition) is 2. The van der Waals surface area contributed by atoms with Crippen LogP contribution in [0, 0.1) is 11.3 Å².